The molecule has 5 heteroatoms. The van der Waals surface area contributed by atoms with Crippen LogP contribution in [0.25, 0.3) is 0 Å². The summed E-state index contributed by atoms with van der Waals surface area (Å²) in [6.07, 6.45) is 4.35. The lowest BCUT2D eigenvalue weighted by Crippen LogP contribution is -2.47. The fraction of sp³-hybridized carbons (Fsp3) is 0.778. The highest BCUT2D eigenvalue weighted by atomic mass is 16.2. The summed E-state index contributed by atoms with van der Waals surface area (Å²) in [5.41, 5.74) is 6.30. The van der Waals surface area contributed by atoms with E-state index in [2.05, 4.69) is 16.0 Å². The Morgan fingerprint density at radius 2 is 2.14 bits per heavy atom. The molecule has 0 aromatic rings. The highest BCUT2D eigenvalue weighted by Gasteiger charge is 2.18. The topological polar surface area (TPSA) is 56.7 Å². The fourth-order valence-electron chi connectivity index (χ4n) is 1.76. The van der Waals surface area contributed by atoms with Gasteiger partial charge in [-0.2, -0.15) is 5.10 Å². The average Bonchev–Trinajstić information content (AvgIpc) is 2.72. The van der Waals surface area contributed by atoms with Gasteiger partial charge >= 0.3 is 0 Å². The maximum atomic E-state index is 11.6. The summed E-state index contributed by atoms with van der Waals surface area (Å²) in [6, 6.07) is 0. The van der Waals surface area contributed by atoms with E-state index in [9.17, 15) is 4.79 Å². The van der Waals surface area contributed by atoms with E-state index in [4.69, 9.17) is 0 Å². The molecule has 0 bridgehead atoms. The first-order valence-electron chi connectivity index (χ1n) is 5.21. The number of hydrogen-bond donors (Lipinski definition) is 2. The van der Waals surface area contributed by atoms with Crippen molar-refractivity contribution < 1.29 is 4.79 Å². The highest BCUT2D eigenvalue weighted by Crippen LogP contribution is 2.06. The summed E-state index contributed by atoms with van der Waals surface area (Å²) in [4.78, 5) is 11.6. The van der Waals surface area contributed by atoms with Gasteiger partial charge in [-0.3, -0.25) is 10.2 Å². The van der Waals surface area contributed by atoms with Gasteiger partial charge < -0.3 is 5.43 Å². The van der Waals surface area contributed by atoms with Crippen LogP contribution in [0.1, 0.15) is 25.7 Å². The molecule has 0 aromatic carbocycles. The molecule has 2 N–H and O–H groups in total. The van der Waals surface area contributed by atoms with Crippen LogP contribution < -0.4 is 10.9 Å². The van der Waals surface area contributed by atoms with Crippen LogP contribution in [0.5, 0.6) is 0 Å². The maximum absolute atomic E-state index is 11.6. The summed E-state index contributed by atoms with van der Waals surface area (Å²) in [5, 5.41) is 5.92. The lowest BCUT2D eigenvalue weighted by molar-refractivity contribution is -0.119. The molecule has 0 aromatic heterocycles. The smallest absolute Gasteiger partial charge is 0.281 e. The van der Waals surface area contributed by atoms with E-state index >= 15 is 0 Å². The van der Waals surface area contributed by atoms with Crippen molar-refractivity contribution in [2.45, 2.75) is 25.7 Å². The second-order valence-corrected chi connectivity index (χ2v) is 3.71. The number of nitrogens with one attached hydrogen (secondary N) is 2. The first-order valence-corrected chi connectivity index (χ1v) is 5.21. The first-order chi connectivity index (χ1) is 6.86. The predicted molar refractivity (Wildman–Crippen MR) is 53.6 cm³/mol. The molecule has 2 aliphatic rings. The Labute approximate surface area is 83.5 Å². The molecule has 0 atom stereocenters. The molecular weight excluding hydrogens is 180 g/mol. The summed E-state index contributed by atoms with van der Waals surface area (Å²) >= 11 is 0. The molecule has 5 nitrogen and oxygen atoms in total. The van der Waals surface area contributed by atoms with Gasteiger partial charge in [0.05, 0.1) is 0 Å². The third-order valence-corrected chi connectivity index (χ3v) is 2.57. The van der Waals surface area contributed by atoms with E-state index in [1.54, 1.807) is 0 Å². The number of nitrogens with zero attached hydrogens (tertiary/aromatic N) is 2. The Morgan fingerprint density at radius 3 is 2.79 bits per heavy atom. The molecule has 0 unspecified atom stereocenters. The molecule has 14 heavy (non-hydrogen) atoms. The van der Waals surface area contributed by atoms with E-state index in [1.165, 1.54) is 19.3 Å². The van der Waals surface area contributed by atoms with Crippen molar-refractivity contribution in [3.05, 3.63) is 0 Å². The van der Waals surface area contributed by atoms with Crippen LogP contribution in [0.3, 0.4) is 0 Å². The van der Waals surface area contributed by atoms with E-state index < -0.39 is 0 Å². The van der Waals surface area contributed by atoms with Crippen molar-refractivity contribution in [2.24, 2.45) is 5.10 Å². The highest BCUT2D eigenvalue weighted by molar-refractivity contribution is 6.39. The van der Waals surface area contributed by atoms with Gasteiger partial charge in [-0.25, -0.2) is 5.01 Å². The van der Waals surface area contributed by atoms with Gasteiger partial charge in [-0.05, 0) is 12.8 Å². The molecule has 0 aliphatic carbocycles. The first kappa shape index (κ1) is 9.45. The lowest BCUT2D eigenvalue weighted by Gasteiger charge is -2.26. The van der Waals surface area contributed by atoms with Crippen molar-refractivity contribution in [1.82, 2.24) is 15.9 Å². The molecule has 1 amide bonds. The summed E-state index contributed by atoms with van der Waals surface area (Å²) < 4.78 is 0. The van der Waals surface area contributed by atoms with Crippen LogP contribution >= 0.6 is 0 Å². The van der Waals surface area contributed by atoms with Crippen molar-refractivity contribution >= 4 is 11.6 Å². The number of carbonyl (C=O) groups excluding carboxylic acids is 1. The fourth-order valence-corrected chi connectivity index (χ4v) is 1.76. The van der Waals surface area contributed by atoms with Gasteiger partial charge in [0.15, 0.2) is 0 Å². The molecule has 0 radical (unpaired) electrons. The van der Waals surface area contributed by atoms with Crippen LogP contribution in [0.4, 0.5) is 0 Å². The molecule has 1 fully saturated rings. The molecular formula is C9H16N4O. The minimum Gasteiger partial charge on any atom is -0.309 e. The minimum absolute atomic E-state index is 0.0445. The lowest BCUT2D eigenvalue weighted by atomic mass is 10.2. The second kappa shape index (κ2) is 4.41. The molecule has 78 valence electrons. The van der Waals surface area contributed by atoms with Gasteiger partial charge in [0.25, 0.3) is 5.91 Å². The molecule has 0 spiro atoms. The number of rotatable bonds is 2. The average molecular weight is 196 g/mol. The molecule has 2 aliphatic heterocycles. The third kappa shape index (κ3) is 2.23. The van der Waals surface area contributed by atoms with Crippen LogP contribution in [0, 0.1) is 0 Å². The predicted octanol–water partition coefficient (Wildman–Crippen LogP) is -0.147. The quantitative estimate of drug-likeness (QED) is 0.646. The van der Waals surface area contributed by atoms with E-state index in [0.29, 0.717) is 5.71 Å². The number of carbonyl (C=O) groups is 1. The van der Waals surface area contributed by atoms with E-state index in [1.807, 2.05) is 5.01 Å². The maximum Gasteiger partial charge on any atom is 0.281 e. The van der Waals surface area contributed by atoms with E-state index in [0.717, 1.165) is 26.1 Å². The van der Waals surface area contributed by atoms with Crippen molar-refractivity contribution in [3.8, 4) is 0 Å². The number of hydrazone groups is 1. The number of hydrazine groups is 1. The standard InChI is InChI=1S/C9H16N4O/c14-9(8-4-5-10-11-8)12-13-6-2-1-3-7-13/h10H,1-7H2,(H,12,14). The molecule has 2 heterocycles. The Morgan fingerprint density at radius 1 is 1.36 bits per heavy atom. The number of hydrogen-bond acceptors (Lipinski definition) is 4. The normalized spacial score (nSPS) is 22.7. The minimum atomic E-state index is -0.0445. The summed E-state index contributed by atoms with van der Waals surface area (Å²) in [6.45, 7) is 2.71. The van der Waals surface area contributed by atoms with Gasteiger partial charge in [0, 0.05) is 26.1 Å². The second-order valence-electron chi connectivity index (χ2n) is 3.71. The monoisotopic (exact) mass is 196 g/mol. The Kier molecular flexibility index (Phi) is 2.98. The summed E-state index contributed by atoms with van der Waals surface area (Å²) in [7, 11) is 0. The summed E-state index contributed by atoms with van der Waals surface area (Å²) in [5.74, 6) is -0.0445. The SMILES string of the molecule is O=C(NN1CCCCC1)C1=NNCC1. The van der Waals surface area contributed by atoms with Gasteiger partial charge in [-0.1, -0.05) is 6.42 Å². The number of piperidine rings is 1. The van der Waals surface area contributed by atoms with Gasteiger partial charge in [-0.15, -0.1) is 0 Å². The van der Waals surface area contributed by atoms with Crippen molar-refractivity contribution in [1.29, 1.82) is 0 Å². The molecule has 2 rings (SSSR count). The van der Waals surface area contributed by atoms with Gasteiger partial charge in [0.1, 0.15) is 5.71 Å². The Bertz CT molecular complexity index is 245. The largest absolute Gasteiger partial charge is 0.309 e. The molecule has 0 saturated carbocycles. The zero-order chi connectivity index (χ0) is 9.80. The molecule has 1 saturated heterocycles. The Balaban J connectivity index is 1.81. The van der Waals surface area contributed by atoms with Crippen LogP contribution in [-0.2, 0) is 4.79 Å². The number of amides is 1. The van der Waals surface area contributed by atoms with Crippen molar-refractivity contribution in [3.63, 3.8) is 0 Å². The van der Waals surface area contributed by atoms with Crippen LogP contribution in [0.15, 0.2) is 5.10 Å². The van der Waals surface area contributed by atoms with Gasteiger partial charge in [0.2, 0.25) is 0 Å². The third-order valence-electron chi connectivity index (χ3n) is 2.57. The Hall–Kier alpha value is -1.10. The van der Waals surface area contributed by atoms with Crippen molar-refractivity contribution in [2.75, 3.05) is 19.6 Å². The van der Waals surface area contributed by atoms with E-state index in [-0.39, 0.29) is 5.91 Å². The zero-order valence-electron chi connectivity index (χ0n) is 8.25. The zero-order valence-corrected chi connectivity index (χ0v) is 8.25. The van der Waals surface area contributed by atoms with Crippen LogP contribution in [0.2, 0.25) is 0 Å². The van der Waals surface area contributed by atoms with Crippen LogP contribution in [-0.4, -0.2) is 36.3 Å².